The molecular formula is C7H17N5. The molecule has 0 atom stereocenters. The summed E-state index contributed by atoms with van der Waals surface area (Å²) in [5, 5.41) is 10.3. The van der Waals surface area contributed by atoms with E-state index in [0.29, 0.717) is 11.9 Å². The van der Waals surface area contributed by atoms with E-state index in [1.54, 1.807) is 26.0 Å². The molecule has 0 bridgehead atoms. The van der Waals surface area contributed by atoms with Crippen molar-refractivity contribution in [1.29, 1.82) is 5.41 Å². The first-order valence-electron chi connectivity index (χ1n) is 3.66. The predicted octanol–water partition coefficient (Wildman–Crippen LogP) is -0.380. The lowest BCUT2D eigenvalue weighted by atomic mass is 10.7. The van der Waals surface area contributed by atoms with Crippen molar-refractivity contribution >= 4 is 11.9 Å². The summed E-state index contributed by atoms with van der Waals surface area (Å²) in [6.07, 6.45) is 0. The smallest absolute Gasteiger partial charge is 0.199 e. The number of hydrogen-bond donors (Lipinski definition) is 2. The fraction of sp³-hybridized carbons (Fsp3) is 0.714. The van der Waals surface area contributed by atoms with Crippen LogP contribution in [0.1, 0.15) is 0 Å². The summed E-state index contributed by atoms with van der Waals surface area (Å²) in [7, 11) is 9.04. The fourth-order valence-electron chi connectivity index (χ4n) is 0.585. The lowest BCUT2D eigenvalue weighted by molar-refractivity contribution is 0.568. The first-order chi connectivity index (χ1) is 5.49. The molecule has 0 unspecified atom stereocenters. The summed E-state index contributed by atoms with van der Waals surface area (Å²) >= 11 is 0. The Kier molecular flexibility index (Phi) is 4.10. The summed E-state index contributed by atoms with van der Waals surface area (Å²) < 4.78 is 0. The van der Waals surface area contributed by atoms with Crippen LogP contribution in [0.4, 0.5) is 0 Å². The van der Waals surface area contributed by atoms with E-state index in [2.05, 4.69) is 10.3 Å². The van der Waals surface area contributed by atoms with Gasteiger partial charge in [-0.05, 0) is 0 Å². The maximum atomic E-state index is 7.48. The summed E-state index contributed by atoms with van der Waals surface area (Å²) in [6.45, 7) is 0. The van der Waals surface area contributed by atoms with E-state index in [4.69, 9.17) is 5.41 Å². The first-order valence-corrected chi connectivity index (χ1v) is 3.66. The third-order valence-electron chi connectivity index (χ3n) is 1.31. The summed E-state index contributed by atoms with van der Waals surface area (Å²) in [4.78, 5) is 7.47. The van der Waals surface area contributed by atoms with Crippen molar-refractivity contribution in [1.82, 2.24) is 15.1 Å². The van der Waals surface area contributed by atoms with E-state index in [9.17, 15) is 0 Å². The van der Waals surface area contributed by atoms with Crippen molar-refractivity contribution in [2.24, 2.45) is 4.99 Å². The third kappa shape index (κ3) is 3.23. The molecule has 0 aliphatic carbocycles. The van der Waals surface area contributed by atoms with Crippen molar-refractivity contribution < 1.29 is 0 Å². The van der Waals surface area contributed by atoms with Crippen molar-refractivity contribution in [2.75, 3.05) is 35.2 Å². The monoisotopic (exact) mass is 171 g/mol. The Labute approximate surface area is 73.6 Å². The van der Waals surface area contributed by atoms with Crippen LogP contribution in [0.2, 0.25) is 0 Å². The Morgan fingerprint density at radius 2 is 1.67 bits per heavy atom. The molecule has 0 saturated heterocycles. The minimum Gasteiger partial charge on any atom is -0.349 e. The van der Waals surface area contributed by atoms with Gasteiger partial charge in [-0.25, -0.2) is 0 Å². The van der Waals surface area contributed by atoms with Gasteiger partial charge in [0.25, 0.3) is 0 Å². The van der Waals surface area contributed by atoms with Crippen LogP contribution in [0.15, 0.2) is 4.99 Å². The molecule has 5 nitrogen and oxygen atoms in total. The molecule has 0 aliphatic rings. The second kappa shape index (κ2) is 4.58. The van der Waals surface area contributed by atoms with Gasteiger partial charge in [-0.2, -0.15) is 0 Å². The molecule has 0 heterocycles. The maximum Gasteiger partial charge on any atom is 0.199 e. The molecule has 2 N–H and O–H groups in total. The highest BCUT2D eigenvalue weighted by atomic mass is 15.3. The number of guanidine groups is 2. The molecule has 0 aromatic carbocycles. The highest BCUT2D eigenvalue weighted by Gasteiger charge is 2.04. The van der Waals surface area contributed by atoms with Crippen molar-refractivity contribution in [3.63, 3.8) is 0 Å². The number of rotatable bonds is 0. The van der Waals surface area contributed by atoms with Gasteiger partial charge in [-0.3, -0.25) is 15.7 Å². The Balaban J connectivity index is 4.15. The largest absolute Gasteiger partial charge is 0.349 e. The van der Waals surface area contributed by atoms with Crippen molar-refractivity contribution in [2.45, 2.75) is 0 Å². The zero-order valence-electron chi connectivity index (χ0n) is 8.34. The molecule has 0 saturated carbocycles. The van der Waals surface area contributed by atoms with Crippen LogP contribution in [0.3, 0.4) is 0 Å². The van der Waals surface area contributed by atoms with Gasteiger partial charge in [0.1, 0.15) is 0 Å². The van der Waals surface area contributed by atoms with Crippen LogP contribution in [0.25, 0.3) is 0 Å². The summed E-state index contributed by atoms with van der Waals surface area (Å²) in [5.41, 5.74) is 0. The molecule has 5 heteroatoms. The lowest BCUT2D eigenvalue weighted by Gasteiger charge is -2.20. The standard InChI is InChI=1S/C7H17N5/c1-9-7(12(4)5)10-6(8)11(2)3/h1-5H3,(H2,8,9,10). The van der Waals surface area contributed by atoms with Crippen molar-refractivity contribution in [3.8, 4) is 0 Å². The fourth-order valence-corrected chi connectivity index (χ4v) is 0.585. The topological polar surface area (TPSA) is 54.7 Å². The molecule has 0 aromatic heterocycles. The molecular weight excluding hydrogens is 154 g/mol. The van der Waals surface area contributed by atoms with E-state index in [-0.39, 0.29) is 0 Å². The second-order valence-electron chi connectivity index (χ2n) is 2.81. The maximum absolute atomic E-state index is 7.48. The minimum absolute atomic E-state index is 0.323. The van der Waals surface area contributed by atoms with Crippen molar-refractivity contribution in [3.05, 3.63) is 0 Å². The molecule has 70 valence electrons. The van der Waals surface area contributed by atoms with E-state index < -0.39 is 0 Å². The number of aliphatic imine (C=N–C) groups is 1. The van der Waals surface area contributed by atoms with Gasteiger partial charge >= 0.3 is 0 Å². The molecule has 12 heavy (non-hydrogen) atoms. The Morgan fingerprint density at radius 1 is 1.17 bits per heavy atom. The van der Waals surface area contributed by atoms with Gasteiger partial charge in [-0.1, -0.05) is 0 Å². The molecule has 0 aromatic rings. The minimum atomic E-state index is 0.323. The Bertz CT molecular complexity index is 182. The van der Waals surface area contributed by atoms with Crippen LogP contribution in [-0.2, 0) is 0 Å². The van der Waals surface area contributed by atoms with E-state index in [1.165, 1.54) is 0 Å². The number of nitrogens with one attached hydrogen (secondary N) is 2. The normalized spacial score (nSPS) is 10.9. The molecule has 0 spiro atoms. The number of nitrogens with zero attached hydrogens (tertiary/aromatic N) is 3. The Morgan fingerprint density at radius 3 is 1.92 bits per heavy atom. The van der Waals surface area contributed by atoms with Gasteiger partial charge < -0.3 is 9.80 Å². The molecule has 0 aliphatic heterocycles. The van der Waals surface area contributed by atoms with E-state index in [1.807, 2.05) is 19.0 Å². The van der Waals surface area contributed by atoms with Crippen LogP contribution in [-0.4, -0.2) is 57.0 Å². The zero-order valence-corrected chi connectivity index (χ0v) is 8.34. The average Bonchev–Trinajstić information content (AvgIpc) is 1.98. The Hall–Kier alpha value is -1.26. The van der Waals surface area contributed by atoms with Gasteiger partial charge in [0.05, 0.1) is 0 Å². The highest BCUT2D eigenvalue weighted by Crippen LogP contribution is 1.80. The molecule has 0 rings (SSSR count). The van der Waals surface area contributed by atoms with Crippen LogP contribution < -0.4 is 5.32 Å². The van der Waals surface area contributed by atoms with Gasteiger partial charge in [-0.15, -0.1) is 0 Å². The molecule has 0 fully saturated rings. The van der Waals surface area contributed by atoms with Gasteiger partial charge in [0.15, 0.2) is 11.9 Å². The van der Waals surface area contributed by atoms with Crippen LogP contribution in [0.5, 0.6) is 0 Å². The third-order valence-corrected chi connectivity index (χ3v) is 1.31. The quantitative estimate of drug-likeness (QED) is 0.386. The molecule has 0 amide bonds. The predicted molar refractivity (Wildman–Crippen MR) is 51.6 cm³/mol. The average molecular weight is 171 g/mol. The lowest BCUT2D eigenvalue weighted by Crippen LogP contribution is -2.45. The second-order valence-corrected chi connectivity index (χ2v) is 2.81. The number of hydrogen-bond acceptors (Lipinski definition) is 2. The van der Waals surface area contributed by atoms with Crippen LogP contribution in [0, 0.1) is 5.41 Å². The SMILES string of the molecule is C/N=C(/NC(=N)N(C)C)N(C)C. The van der Waals surface area contributed by atoms with Gasteiger partial charge in [0, 0.05) is 35.2 Å². The van der Waals surface area contributed by atoms with Gasteiger partial charge in [0.2, 0.25) is 0 Å². The zero-order chi connectivity index (χ0) is 9.72. The van der Waals surface area contributed by atoms with Crippen LogP contribution >= 0.6 is 0 Å². The first kappa shape index (κ1) is 10.7. The summed E-state index contributed by atoms with van der Waals surface area (Å²) in [5.74, 6) is 0.998. The highest BCUT2D eigenvalue weighted by molar-refractivity contribution is 5.96. The molecule has 0 radical (unpaired) electrons. The van der Waals surface area contributed by atoms with E-state index in [0.717, 1.165) is 0 Å². The summed E-state index contributed by atoms with van der Waals surface area (Å²) in [6, 6.07) is 0. The van der Waals surface area contributed by atoms with E-state index >= 15 is 0 Å².